The van der Waals surface area contributed by atoms with Gasteiger partial charge in [0, 0.05) is 0 Å². The van der Waals surface area contributed by atoms with E-state index >= 15 is 0 Å². The van der Waals surface area contributed by atoms with Crippen molar-refractivity contribution in [1.29, 1.82) is 0 Å². The number of Topliss-reactive ketones (excluding diaryl/α,β-unsaturated/α-hetero) is 1. The minimum absolute atomic E-state index is 0.00631. The van der Waals surface area contributed by atoms with Gasteiger partial charge in [-0.2, -0.15) is 0 Å². The van der Waals surface area contributed by atoms with Crippen LogP contribution >= 0.6 is 0 Å². The average molecular weight is 410 g/mol. The van der Waals surface area contributed by atoms with Crippen molar-refractivity contribution in [3.8, 4) is 0 Å². The van der Waals surface area contributed by atoms with Crippen LogP contribution in [0, 0.1) is 19.8 Å². The first kappa shape index (κ1) is 24.1. The summed E-state index contributed by atoms with van der Waals surface area (Å²) in [7, 11) is 0. The average Bonchev–Trinajstić information content (AvgIpc) is 2.63. The minimum atomic E-state index is -1.51. The maximum Gasteiger partial charge on any atom is 0.408 e. The highest BCUT2D eigenvalue weighted by atomic mass is 19.1. The number of aryl methyl sites for hydroxylation is 2. The van der Waals surface area contributed by atoms with Gasteiger partial charge in [0.15, 0.2) is 5.78 Å². The van der Waals surface area contributed by atoms with E-state index in [0.717, 1.165) is 16.7 Å². The molecule has 0 aromatic heterocycles. The van der Waals surface area contributed by atoms with Crippen LogP contribution in [-0.4, -0.2) is 47.6 Å². The van der Waals surface area contributed by atoms with Crippen molar-refractivity contribution in [3.05, 3.63) is 34.9 Å². The van der Waals surface area contributed by atoms with Gasteiger partial charge in [-0.1, -0.05) is 37.6 Å². The fraction of sp³-hybridized carbons (Fsp3) is 0.500. The summed E-state index contributed by atoms with van der Waals surface area (Å²) in [5, 5.41) is 13.4. The van der Waals surface area contributed by atoms with E-state index < -0.39 is 54.8 Å². The normalized spacial score (nSPS) is 12.8. The zero-order valence-corrected chi connectivity index (χ0v) is 17.0. The van der Waals surface area contributed by atoms with Crippen molar-refractivity contribution >= 4 is 23.8 Å². The molecule has 0 radical (unpaired) electrons. The van der Waals surface area contributed by atoms with Gasteiger partial charge < -0.3 is 20.5 Å². The van der Waals surface area contributed by atoms with Crippen molar-refractivity contribution in [2.24, 2.45) is 5.92 Å². The first-order valence-electron chi connectivity index (χ1n) is 9.15. The number of benzene rings is 1. The Balaban J connectivity index is 2.75. The molecule has 0 saturated carbocycles. The van der Waals surface area contributed by atoms with Gasteiger partial charge in [-0.15, -0.1) is 0 Å². The third-order valence-electron chi connectivity index (χ3n) is 4.29. The molecule has 8 nitrogen and oxygen atoms in total. The number of nitrogens with one attached hydrogen (secondary N) is 2. The van der Waals surface area contributed by atoms with Crippen LogP contribution in [0.15, 0.2) is 18.2 Å². The van der Waals surface area contributed by atoms with E-state index in [1.54, 1.807) is 13.8 Å². The Hall–Kier alpha value is -2.97. The van der Waals surface area contributed by atoms with Crippen LogP contribution in [0.3, 0.4) is 0 Å². The van der Waals surface area contributed by atoms with E-state index in [2.05, 4.69) is 10.6 Å². The number of amides is 2. The zero-order chi connectivity index (χ0) is 22.1. The number of carbonyl (C=O) groups is 4. The fourth-order valence-corrected chi connectivity index (χ4v) is 2.63. The van der Waals surface area contributed by atoms with Gasteiger partial charge in [0.2, 0.25) is 5.91 Å². The van der Waals surface area contributed by atoms with Gasteiger partial charge in [0.25, 0.3) is 0 Å². The minimum Gasteiger partial charge on any atom is -0.481 e. The molecule has 3 N–H and O–H groups in total. The highest BCUT2D eigenvalue weighted by Crippen LogP contribution is 2.12. The number of aliphatic carboxylic acids is 1. The van der Waals surface area contributed by atoms with Crippen molar-refractivity contribution in [3.63, 3.8) is 0 Å². The number of ether oxygens (including phenoxy) is 1. The van der Waals surface area contributed by atoms with Crippen LogP contribution in [0.2, 0.25) is 0 Å². The molecular weight excluding hydrogens is 383 g/mol. The molecule has 0 saturated heterocycles. The molecule has 0 spiro atoms. The number of rotatable bonds is 10. The smallest absolute Gasteiger partial charge is 0.408 e. The topological polar surface area (TPSA) is 122 Å². The van der Waals surface area contributed by atoms with Gasteiger partial charge in [-0.25, -0.2) is 9.18 Å². The number of alkyl halides is 1. The third-order valence-corrected chi connectivity index (χ3v) is 4.29. The Kier molecular flexibility index (Phi) is 9.24. The van der Waals surface area contributed by atoms with Crippen LogP contribution < -0.4 is 10.6 Å². The van der Waals surface area contributed by atoms with Crippen molar-refractivity contribution < 1.29 is 33.4 Å². The lowest BCUT2D eigenvalue weighted by Gasteiger charge is -2.24. The number of ketones is 1. The molecule has 0 fully saturated rings. The molecule has 29 heavy (non-hydrogen) atoms. The summed E-state index contributed by atoms with van der Waals surface area (Å²) in [6.45, 7) is 5.73. The molecule has 2 amide bonds. The van der Waals surface area contributed by atoms with Crippen LogP contribution in [0.1, 0.15) is 37.0 Å². The largest absolute Gasteiger partial charge is 0.481 e. The number of hydrogen-bond donors (Lipinski definition) is 3. The molecule has 0 unspecified atom stereocenters. The quantitative estimate of drug-likeness (QED) is 0.543. The Morgan fingerprint density at radius 3 is 2.31 bits per heavy atom. The Labute approximate surface area is 168 Å². The zero-order valence-electron chi connectivity index (χ0n) is 17.0. The van der Waals surface area contributed by atoms with Gasteiger partial charge in [0.1, 0.15) is 25.4 Å². The van der Waals surface area contributed by atoms with Crippen molar-refractivity contribution in [2.75, 3.05) is 6.67 Å². The van der Waals surface area contributed by atoms with Crippen LogP contribution in [-0.2, 0) is 25.7 Å². The first-order chi connectivity index (χ1) is 13.5. The Bertz CT molecular complexity index is 765. The van der Waals surface area contributed by atoms with Crippen molar-refractivity contribution in [2.45, 2.75) is 52.8 Å². The molecule has 1 rings (SSSR count). The van der Waals surface area contributed by atoms with E-state index in [0.29, 0.717) is 0 Å². The molecule has 0 aliphatic carbocycles. The second-order valence-corrected chi connectivity index (χ2v) is 7.13. The number of hydrogen-bond acceptors (Lipinski definition) is 5. The Morgan fingerprint density at radius 1 is 1.14 bits per heavy atom. The second-order valence-electron chi connectivity index (χ2n) is 7.13. The standard InChI is InChI=1S/C20H27FN2O6/c1-11(2)18(19(27)22-15(8-17(25)26)16(24)9-21)23-20(28)29-10-14-6-5-12(3)7-13(14)4/h5-7,11,15,18H,8-10H2,1-4H3,(H,22,27)(H,23,28)(H,25,26)/t15-,18-/m0/s1. The molecule has 0 heterocycles. The summed E-state index contributed by atoms with van der Waals surface area (Å²) < 4.78 is 17.8. The maximum atomic E-state index is 12.6. The lowest BCUT2D eigenvalue weighted by molar-refractivity contribution is -0.140. The van der Waals surface area contributed by atoms with Crippen molar-refractivity contribution in [1.82, 2.24) is 10.6 Å². The molecule has 9 heteroatoms. The number of halogens is 1. The maximum absolute atomic E-state index is 12.6. The molecule has 0 aliphatic rings. The third kappa shape index (κ3) is 7.89. The highest BCUT2D eigenvalue weighted by Gasteiger charge is 2.30. The van der Waals surface area contributed by atoms with Crippen LogP contribution in [0.25, 0.3) is 0 Å². The SMILES string of the molecule is Cc1ccc(COC(=O)N[C@H](C(=O)N[C@@H](CC(=O)O)C(=O)CF)C(C)C)c(C)c1. The molecular formula is C20H27FN2O6. The molecule has 1 aromatic rings. The van der Waals surface area contributed by atoms with Crippen LogP contribution in [0.5, 0.6) is 0 Å². The Morgan fingerprint density at radius 2 is 1.79 bits per heavy atom. The number of alkyl carbamates (subject to hydrolysis) is 1. The molecule has 1 aromatic carbocycles. The van der Waals surface area contributed by atoms with E-state index in [1.165, 1.54) is 0 Å². The second kappa shape index (κ2) is 11.1. The molecule has 0 aliphatic heterocycles. The number of carboxylic acids is 1. The monoisotopic (exact) mass is 410 g/mol. The van der Waals surface area contributed by atoms with Crippen LogP contribution in [0.4, 0.5) is 9.18 Å². The molecule has 0 bridgehead atoms. The summed E-state index contributed by atoms with van der Waals surface area (Å²) in [4.78, 5) is 47.0. The first-order valence-corrected chi connectivity index (χ1v) is 9.15. The summed E-state index contributed by atoms with van der Waals surface area (Å²) in [5.74, 6) is -3.61. The van der Waals surface area contributed by atoms with E-state index in [-0.39, 0.29) is 6.61 Å². The predicted octanol–water partition coefficient (Wildman–Crippen LogP) is 2.05. The van der Waals surface area contributed by atoms with E-state index in [9.17, 15) is 23.6 Å². The summed E-state index contributed by atoms with van der Waals surface area (Å²) in [6.07, 6.45) is -1.60. The predicted molar refractivity (Wildman–Crippen MR) is 103 cm³/mol. The van der Waals surface area contributed by atoms with Gasteiger partial charge in [-0.3, -0.25) is 14.4 Å². The van der Waals surface area contributed by atoms with Gasteiger partial charge in [0.05, 0.1) is 6.42 Å². The number of carbonyl (C=O) groups excluding carboxylic acids is 3. The van der Waals surface area contributed by atoms with E-state index in [1.807, 2.05) is 32.0 Å². The fourth-order valence-electron chi connectivity index (χ4n) is 2.63. The summed E-state index contributed by atoms with van der Waals surface area (Å²) in [6, 6.07) is 3.07. The van der Waals surface area contributed by atoms with E-state index in [4.69, 9.17) is 9.84 Å². The lowest BCUT2D eigenvalue weighted by atomic mass is 10.0. The summed E-state index contributed by atoms with van der Waals surface area (Å²) >= 11 is 0. The number of carboxylic acid groups (broad SMARTS) is 1. The van der Waals surface area contributed by atoms with Gasteiger partial charge in [-0.05, 0) is 30.9 Å². The molecule has 160 valence electrons. The lowest BCUT2D eigenvalue weighted by Crippen LogP contribution is -2.54. The molecule has 2 atom stereocenters. The summed E-state index contributed by atoms with van der Waals surface area (Å²) in [5.41, 5.74) is 2.84. The van der Waals surface area contributed by atoms with Gasteiger partial charge >= 0.3 is 12.1 Å². The highest BCUT2D eigenvalue weighted by molar-refractivity contribution is 5.94.